The summed E-state index contributed by atoms with van der Waals surface area (Å²) in [5, 5.41) is 3.31. The molecule has 0 radical (unpaired) electrons. The first-order valence-electron chi connectivity index (χ1n) is 11.5. The summed E-state index contributed by atoms with van der Waals surface area (Å²) in [6.07, 6.45) is 0.479. The number of ether oxygens (including phenoxy) is 3. The Morgan fingerprint density at radius 3 is 1.76 bits per heavy atom. The van der Waals surface area contributed by atoms with Crippen molar-refractivity contribution in [1.29, 1.82) is 0 Å². The van der Waals surface area contributed by atoms with Gasteiger partial charge in [0.15, 0.2) is 0 Å². The van der Waals surface area contributed by atoms with Gasteiger partial charge in [-0.1, -0.05) is 24.3 Å². The summed E-state index contributed by atoms with van der Waals surface area (Å²) >= 11 is 0. The first-order chi connectivity index (χ1) is 16.2. The molecule has 9 heteroatoms. The summed E-state index contributed by atoms with van der Waals surface area (Å²) in [5.41, 5.74) is 1.79. The molecule has 34 heavy (non-hydrogen) atoms. The highest BCUT2D eigenvalue weighted by Gasteiger charge is 2.47. The molecule has 188 valence electrons. The lowest BCUT2D eigenvalue weighted by atomic mass is 10.2. The molecule has 0 saturated carbocycles. The van der Waals surface area contributed by atoms with Gasteiger partial charge in [0, 0.05) is 33.3 Å². The number of benzene rings is 2. The predicted octanol–water partition coefficient (Wildman–Crippen LogP) is 3.34. The highest BCUT2D eigenvalue weighted by Crippen LogP contribution is 2.32. The number of nitrogens with zero attached hydrogens (tertiary/aromatic N) is 3. The lowest BCUT2D eigenvalue weighted by Gasteiger charge is -2.35. The molecule has 0 N–H and O–H groups in total. The maximum absolute atomic E-state index is 14.1. The Labute approximate surface area is 204 Å². The highest BCUT2D eigenvalue weighted by atomic mass is 32.2. The van der Waals surface area contributed by atoms with Crippen LogP contribution in [0.4, 0.5) is 0 Å². The molecule has 3 rings (SSSR count). The lowest BCUT2D eigenvalue weighted by molar-refractivity contribution is -0.0373. The molecule has 2 atom stereocenters. The van der Waals surface area contributed by atoms with Crippen LogP contribution in [0.2, 0.25) is 0 Å². The summed E-state index contributed by atoms with van der Waals surface area (Å²) < 4.78 is 45.7. The molecule has 1 aliphatic rings. The zero-order chi connectivity index (χ0) is 24.9. The fraction of sp³-hybridized carbons (Fsp3) is 0.520. The molecule has 1 heterocycles. The molecule has 0 aliphatic carbocycles. The first-order valence-corrected chi connectivity index (χ1v) is 13.0. The Balaban J connectivity index is 1.93. The van der Waals surface area contributed by atoms with Gasteiger partial charge in [0.2, 0.25) is 10.0 Å². The average molecular weight is 492 g/mol. The SMILES string of the molecule is COCC1CC(S(=O)(=O)N(Cc2ccc(OC)cc2)Cc2ccc(OC)cc2)N(C)N1C(C)C. The second kappa shape index (κ2) is 11.5. The largest absolute Gasteiger partial charge is 0.497 e. The molecule has 8 nitrogen and oxygen atoms in total. The number of sulfonamides is 1. The van der Waals surface area contributed by atoms with Crippen LogP contribution in [0, 0.1) is 0 Å². The van der Waals surface area contributed by atoms with Crippen molar-refractivity contribution in [2.45, 2.75) is 50.8 Å². The van der Waals surface area contributed by atoms with Crippen molar-refractivity contribution in [2.24, 2.45) is 0 Å². The third kappa shape index (κ3) is 5.90. The van der Waals surface area contributed by atoms with Gasteiger partial charge in [-0.25, -0.2) is 18.4 Å². The third-order valence-electron chi connectivity index (χ3n) is 6.26. The van der Waals surface area contributed by atoms with Crippen molar-refractivity contribution < 1.29 is 22.6 Å². The van der Waals surface area contributed by atoms with Crippen LogP contribution in [0.15, 0.2) is 48.5 Å². The Kier molecular flexibility index (Phi) is 8.95. The van der Waals surface area contributed by atoms with Gasteiger partial charge in [-0.05, 0) is 55.7 Å². The second-order valence-corrected chi connectivity index (χ2v) is 10.9. The smallest absolute Gasteiger partial charge is 0.232 e. The number of hydrazine groups is 1. The van der Waals surface area contributed by atoms with Gasteiger partial charge in [-0.3, -0.25) is 0 Å². The minimum Gasteiger partial charge on any atom is -0.497 e. The zero-order valence-corrected chi connectivity index (χ0v) is 21.8. The van der Waals surface area contributed by atoms with E-state index >= 15 is 0 Å². The summed E-state index contributed by atoms with van der Waals surface area (Å²) in [5.74, 6) is 1.47. The van der Waals surface area contributed by atoms with Crippen LogP contribution in [0.3, 0.4) is 0 Å². The molecule has 2 aromatic rings. The van der Waals surface area contributed by atoms with Crippen LogP contribution in [0.1, 0.15) is 31.4 Å². The van der Waals surface area contributed by atoms with Crippen LogP contribution in [0.5, 0.6) is 11.5 Å². The molecule has 1 fully saturated rings. The molecule has 0 amide bonds. The fourth-order valence-corrected chi connectivity index (χ4v) is 6.58. The Hall–Kier alpha value is -2.17. The van der Waals surface area contributed by atoms with E-state index in [9.17, 15) is 8.42 Å². The fourth-order valence-electron chi connectivity index (χ4n) is 4.61. The topological polar surface area (TPSA) is 71.5 Å². The standard InChI is InChI=1S/C25H37N3O5S/c1-19(2)28-22(18-31-4)15-25(26(28)3)34(29,30)27(16-20-7-11-23(32-5)12-8-20)17-21-9-13-24(33-6)14-10-21/h7-14,19,22,25H,15-18H2,1-6H3. The minimum atomic E-state index is -3.70. The molecule has 1 saturated heterocycles. The van der Waals surface area contributed by atoms with Gasteiger partial charge < -0.3 is 14.2 Å². The van der Waals surface area contributed by atoms with E-state index in [0.29, 0.717) is 13.0 Å². The lowest BCUT2D eigenvalue weighted by Crippen LogP contribution is -2.50. The molecular weight excluding hydrogens is 454 g/mol. The Morgan fingerprint density at radius 1 is 0.912 bits per heavy atom. The van der Waals surface area contributed by atoms with Gasteiger partial charge in [0.05, 0.1) is 26.9 Å². The van der Waals surface area contributed by atoms with Gasteiger partial charge in [-0.15, -0.1) is 0 Å². The van der Waals surface area contributed by atoms with Gasteiger partial charge >= 0.3 is 0 Å². The van der Waals surface area contributed by atoms with Crippen molar-refractivity contribution in [3.8, 4) is 11.5 Å². The molecule has 0 bridgehead atoms. The predicted molar refractivity (Wildman–Crippen MR) is 133 cm³/mol. The quantitative estimate of drug-likeness (QED) is 0.477. The van der Waals surface area contributed by atoms with Crippen LogP contribution in [-0.4, -0.2) is 75.2 Å². The van der Waals surface area contributed by atoms with E-state index < -0.39 is 15.4 Å². The summed E-state index contributed by atoms with van der Waals surface area (Å²) in [6, 6.07) is 15.2. The first kappa shape index (κ1) is 26.4. The molecule has 2 unspecified atom stereocenters. The van der Waals surface area contributed by atoms with E-state index in [-0.39, 0.29) is 25.2 Å². The van der Waals surface area contributed by atoms with Crippen LogP contribution >= 0.6 is 0 Å². The summed E-state index contributed by atoms with van der Waals surface area (Å²) in [7, 11) is 3.04. The average Bonchev–Trinajstić information content (AvgIpc) is 3.16. The van der Waals surface area contributed by atoms with Crippen molar-refractivity contribution >= 4 is 10.0 Å². The van der Waals surface area contributed by atoms with Crippen molar-refractivity contribution in [1.82, 2.24) is 14.3 Å². The molecule has 0 spiro atoms. The van der Waals surface area contributed by atoms with E-state index in [4.69, 9.17) is 14.2 Å². The highest BCUT2D eigenvalue weighted by molar-refractivity contribution is 7.89. The molecule has 1 aliphatic heterocycles. The number of hydrogen-bond acceptors (Lipinski definition) is 7. The minimum absolute atomic E-state index is 0.00130. The van der Waals surface area contributed by atoms with E-state index in [0.717, 1.165) is 22.6 Å². The Bertz CT molecular complexity index is 962. The van der Waals surface area contributed by atoms with Crippen molar-refractivity contribution in [3.63, 3.8) is 0 Å². The van der Waals surface area contributed by atoms with Crippen molar-refractivity contribution in [3.05, 3.63) is 59.7 Å². The van der Waals surface area contributed by atoms with E-state index in [1.54, 1.807) is 25.6 Å². The van der Waals surface area contributed by atoms with E-state index in [1.807, 2.05) is 60.6 Å². The van der Waals surface area contributed by atoms with Crippen LogP contribution in [-0.2, 0) is 27.8 Å². The van der Waals surface area contributed by atoms with Crippen molar-refractivity contribution in [2.75, 3.05) is 35.0 Å². The van der Waals surface area contributed by atoms with Gasteiger partial charge in [0.25, 0.3) is 0 Å². The Morgan fingerprint density at radius 2 is 1.38 bits per heavy atom. The normalized spacial score (nSPS) is 19.8. The monoisotopic (exact) mass is 491 g/mol. The summed E-state index contributed by atoms with van der Waals surface area (Å²) in [6.45, 7) is 5.14. The van der Waals surface area contributed by atoms with Crippen LogP contribution in [0.25, 0.3) is 0 Å². The number of hydrogen-bond donors (Lipinski definition) is 0. The van der Waals surface area contributed by atoms with E-state index in [1.165, 1.54) is 0 Å². The van der Waals surface area contributed by atoms with E-state index in [2.05, 4.69) is 18.9 Å². The third-order valence-corrected chi connectivity index (χ3v) is 8.42. The molecule has 0 aromatic heterocycles. The van der Waals surface area contributed by atoms with Gasteiger partial charge in [-0.2, -0.15) is 4.31 Å². The summed E-state index contributed by atoms with van der Waals surface area (Å²) in [4.78, 5) is 0. The maximum Gasteiger partial charge on any atom is 0.232 e. The number of methoxy groups -OCH3 is 3. The molecular formula is C25H37N3O5S. The second-order valence-electron chi connectivity index (χ2n) is 8.86. The number of rotatable bonds is 11. The molecule has 2 aromatic carbocycles. The zero-order valence-electron chi connectivity index (χ0n) is 21.0. The van der Waals surface area contributed by atoms with Crippen LogP contribution < -0.4 is 9.47 Å². The maximum atomic E-state index is 14.1. The van der Waals surface area contributed by atoms with Gasteiger partial charge in [0.1, 0.15) is 16.9 Å².